The molecule has 1 aromatic heterocycles. The summed E-state index contributed by atoms with van der Waals surface area (Å²) in [5, 5.41) is 0. The van der Waals surface area contributed by atoms with Crippen LogP contribution in [-0.4, -0.2) is 47.4 Å². The average Bonchev–Trinajstić information content (AvgIpc) is 2.52. The minimum atomic E-state index is -3.27. The first-order chi connectivity index (χ1) is 11.3. The van der Waals surface area contributed by atoms with Crippen LogP contribution in [-0.2, 0) is 14.8 Å². The molecule has 1 atom stereocenters. The molecular weight excluding hydrogens is 330 g/mol. The summed E-state index contributed by atoms with van der Waals surface area (Å²) in [7, 11) is -3.27. The highest BCUT2D eigenvalue weighted by Gasteiger charge is 2.31. The maximum atomic E-state index is 12.3. The van der Waals surface area contributed by atoms with Crippen LogP contribution in [0.3, 0.4) is 0 Å². The Kier molecular flexibility index (Phi) is 6.11. The number of rotatable bonds is 6. The van der Waals surface area contributed by atoms with Crippen LogP contribution < -0.4 is 10.9 Å². The molecule has 0 spiro atoms. The second-order valence-electron chi connectivity index (χ2n) is 6.10. The van der Waals surface area contributed by atoms with Crippen LogP contribution >= 0.6 is 0 Å². The number of hydrogen-bond acceptors (Lipinski definition) is 6. The van der Waals surface area contributed by atoms with Gasteiger partial charge in [-0.2, -0.15) is 0 Å². The van der Waals surface area contributed by atoms with Gasteiger partial charge in [-0.3, -0.25) is 15.6 Å². The molecule has 2 rings (SSSR count). The van der Waals surface area contributed by atoms with Gasteiger partial charge in [-0.25, -0.2) is 22.7 Å². The maximum absolute atomic E-state index is 12.3. The third kappa shape index (κ3) is 4.88. The number of nitrogens with one attached hydrogen (secondary N) is 2. The molecule has 1 saturated heterocycles. The Hall–Kier alpha value is -1.74. The van der Waals surface area contributed by atoms with Gasteiger partial charge in [0.2, 0.25) is 21.9 Å². The number of sulfonamides is 1. The first-order valence-electron chi connectivity index (χ1n) is 8.18. The van der Waals surface area contributed by atoms with Crippen LogP contribution in [0.4, 0.5) is 5.95 Å². The van der Waals surface area contributed by atoms with Crippen LogP contribution in [0.25, 0.3) is 0 Å². The zero-order chi connectivity index (χ0) is 17.7. The van der Waals surface area contributed by atoms with E-state index in [1.807, 2.05) is 26.8 Å². The Balaban J connectivity index is 1.94. The van der Waals surface area contributed by atoms with Crippen molar-refractivity contribution < 1.29 is 13.2 Å². The summed E-state index contributed by atoms with van der Waals surface area (Å²) in [4.78, 5) is 20.7. The number of amides is 1. The van der Waals surface area contributed by atoms with Gasteiger partial charge < -0.3 is 0 Å². The molecule has 1 aliphatic heterocycles. The largest absolute Gasteiger partial charge is 0.273 e. The first kappa shape index (κ1) is 18.6. The lowest BCUT2D eigenvalue weighted by Gasteiger charge is -2.31. The van der Waals surface area contributed by atoms with Crippen molar-refractivity contribution in [3.05, 3.63) is 17.5 Å². The van der Waals surface area contributed by atoms with E-state index >= 15 is 0 Å². The molecule has 0 bridgehead atoms. The van der Waals surface area contributed by atoms with Gasteiger partial charge in [0.25, 0.3) is 0 Å². The van der Waals surface area contributed by atoms with Crippen molar-refractivity contribution in [3.8, 4) is 0 Å². The monoisotopic (exact) mass is 355 g/mol. The molecule has 2 heterocycles. The van der Waals surface area contributed by atoms with Gasteiger partial charge in [0, 0.05) is 24.5 Å². The van der Waals surface area contributed by atoms with Crippen molar-refractivity contribution in [1.82, 2.24) is 19.7 Å². The lowest BCUT2D eigenvalue weighted by Crippen LogP contribution is -2.47. The van der Waals surface area contributed by atoms with Crippen LogP contribution in [0.5, 0.6) is 0 Å². The van der Waals surface area contributed by atoms with Gasteiger partial charge >= 0.3 is 0 Å². The van der Waals surface area contributed by atoms with Crippen LogP contribution in [0.15, 0.2) is 6.07 Å². The summed E-state index contributed by atoms with van der Waals surface area (Å²) in [6, 6.07) is 1.84. The molecule has 1 amide bonds. The summed E-state index contributed by atoms with van der Waals surface area (Å²) in [5.41, 5.74) is 6.90. The molecule has 0 aromatic carbocycles. The number of carbonyl (C=O) groups is 1. The summed E-state index contributed by atoms with van der Waals surface area (Å²) in [5.74, 6) is -0.166. The number of aromatic nitrogens is 2. The molecule has 1 aliphatic rings. The molecule has 0 unspecified atom stereocenters. The number of anilines is 1. The average molecular weight is 355 g/mol. The number of piperidine rings is 1. The second kappa shape index (κ2) is 7.89. The predicted octanol–water partition coefficient (Wildman–Crippen LogP) is 0.988. The molecule has 2 N–H and O–H groups in total. The molecule has 1 fully saturated rings. The standard InChI is InChI=1S/C15H25N5O3S/c1-4-8-24(22,23)20-7-5-6-13(10-20)14(21)18-19-15-16-11(2)9-12(3)17-15/h9,13H,4-8,10H2,1-3H3,(H,18,21)(H,16,17,19)/t13-/m1/s1. The molecule has 1 aromatic rings. The van der Waals surface area contributed by atoms with E-state index in [0.717, 1.165) is 11.4 Å². The molecule has 8 nitrogen and oxygen atoms in total. The third-order valence-corrected chi connectivity index (χ3v) is 5.93. The quantitative estimate of drug-likeness (QED) is 0.738. The Bertz CT molecular complexity index is 672. The van der Waals surface area contributed by atoms with E-state index in [4.69, 9.17) is 0 Å². The fraction of sp³-hybridized carbons (Fsp3) is 0.667. The van der Waals surface area contributed by atoms with Crippen LogP contribution in [0, 0.1) is 19.8 Å². The minimum Gasteiger partial charge on any atom is -0.273 e. The number of hydrogen-bond donors (Lipinski definition) is 2. The Morgan fingerprint density at radius 2 is 2.00 bits per heavy atom. The van der Waals surface area contributed by atoms with Crippen LogP contribution in [0.2, 0.25) is 0 Å². The molecule has 0 aliphatic carbocycles. The van der Waals surface area contributed by atoms with E-state index in [-0.39, 0.29) is 24.1 Å². The van der Waals surface area contributed by atoms with Crippen LogP contribution in [0.1, 0.15) is 37.6 Å². The number of nitrogens with zero attached hydrogens (tertiary/aromatic N) is 3. The van der Waals surface area contributed by atoms with Gasteiger partial charge in [-0.1, -0.05) is 6.92 Å². The highest BCUT2D eigenvalue weighted by atomic mass is 32.2. The van der Waals surface area contributed by atoms with E-state index in [1.54, 1.807) is 0 Å². The van der Waals surface area contributed by atoms with Crippen molar-refractivity contribution >= 4 is 21.9 Å². The van der Waals surface area contributed by atoms with Gasteiger partial charge in [0.1, 0.15) is 0 Å². The molecule has 134 valence electrons. The van der Waals surface area contributed by atoms with Gasteiger partial charge in [0.15, 0.2) is 0 Å². The third-order valence-electron chi connectivity index (χ3n) is 3.89. The summed E-state index contributed by atoms with van der Waals surface area (Å²) < 4.78 is 25.8. The van der Waals surface area contributed by atoms with E-state index in [1.165, 1.54) is 4.31 Å². The lowest BCUT2D eigenvalue weighted by atomic mass is 9.99. The van der Waals surface area contributed by atoms with Crippen molar-refractivity contribution in [2.45, 2.75) is 40.0 Å². The smallest absolute Gasteiger partial charge is 0.242 e. The van der Waals surface area contributed by atoms with Crippen molar-refractivity contribution in [2.75, 3.05) is 24.3 Å². The Morgan fingerprint density at radius 3 is 2.62 bits per heavy atom. The van der Waals surface area contributed by atoms with Crippen molar-refractivity contribution in [3.63, 3.8) is 0 Å². The van der Waals surface area contributed by atoms with Crippen molar-refractivity contribution in [1.29, 1.82) is 0 Å². The fourth-order valence-electron chi connectivity index (χ4n) is 2.80. The lowest BCUT2D eigenvalue weighted by molar-refractivity contribution is -0.125. The number of hydrazine groups is 1. The zero-order valence-electron chi connectivity index (χ0n) is 14.4. The summed E-state index contributed by atoms with van der Waals surface area (Å²) in [6.45, 7) is 6.24. The predicted molar refractivity (Wildman–Crippen MR) is 91.6 cm³/mol. The number of aryl methyl sites for hydroxylation is 2. The first-order valence-corrected chi connectivity index (χ1v) is 9.78. The summed E-state index contributed by atoms with van der Waals surface area (Å²) >= 11 is 0. The molecule has 0 radical (unpaired) electrons. The molecule has 0 saturated carbocycles. The number of carbonyl (C=O) groups excluding carboxylic acids is 1. The Morgan fingerprint density at radius 1 is 1.33 bits per heavy atom. The van der Waals surface area contributed by atoms with Crippen molar-refractivity contribution in [2.24, 2.45) is 5.92 Å². The van der Waals surface area contributed by atoms with Gasteiger partial charge in [-0.15, -0.1) is 0 Å². The topological polar surface area (TPSA) is 104 Å². The maximum Gasteiger partial charge on any atom is 0.242 e. The molecule has 9 heteroatoms. The SMILES string of the molecule is CCCS(=O)(=O)N1CCC[C@@H](C(=O)NNc2nc(C)cc(C)n2)C1. The van der Waals surface area contributed by atoms with E-state index in [9.17, 15) is 13.2 Å². The fourth-order valence-corrected chi connectivity index (χ4v) is 4.39. The van der Waals surface area contributed by atoms with E-state index < -0.39 is 10.0 Å². The van der Waals surface area contributed by atoms with E-state index in [0.29, 0.717) is 31.8 Å². The van der Waals surface area contributed by atoms with E-state index in [2.05, 4.69) is 20.8 Å². The summed E-state index contributed by atoms with van der Waals surface area (Å²) in [6.07, 6.45) is 1.92. The highest BCUT2D eigenvalue weighted by molar-refractivity contribution is 7.89. The van der Waals surface area contributed by atoms with Gasteiger partial charge in [0.05, 0.1) is 11.7 Å². The highest BCUT2D eigenvalue weighted by Crippen LogP contribution is 2.20. The minimum absolute atomic E-state index is 0.121. The molecular formula is C15H25N5O3S. The zero-order valence-corrected chi connectivity index (χ0v) is 15.2. The second-order valence-corrected chi connectivity index (χ2v) is 8.19. The molecule has 24 heavy (non-hydrogen) atoms. The Labute approximate surface area is 143 Å². The van der Waals surface area contributed by atoms with Gasteiger partial charge in [-0.05, 0) is 39.2 Å². The normalized spacial score (nSPS) is 19.0.